The van der Waals surface area contributed by atoms with Crippen LogP contribution in [0, 0.1) is 5.41 Å². The van der Waals surface area contributed by atoms with Crippen LogP contribution in [0.3, 0.4) is 0 Å². The average molecular weight is 258 g/mol. The Morgan fingerprint density at radius 1 is 0.833 bits per heavy atom. The molecule has 0 unspecified atom stereocenters. The van der Waals surface area contributed by atoms with Gasteiger partial charge in [0, 0.05) is 6.61 Å². The molecule has 18 heavy (non-hydrogen) atoms. The number of hydrogen-bond donors (Lipinski definition) is 2. The largest absolute Gasteiger partial charge is 0.481 e. The molecular weight excluding hydrogens is 228 g/mol. The molecule has 0 rings (SSSR count). The van der Waals surface area contributed by atoms with E-state index in [0.29, 0.717) is 6.61 Å². The quantitative estimate of drug-likeness (QED) is 0.520. The van der Waals surface area contributed by atoms with Crippen LogP contribution in [0.5, 0.6) is 0 Å². The van der Waals surface area contributed by atoms with Crippen molar-refractivity contribution < 1.29 is 15.0 Å². The van der Waals surface area contributed by atoms with Crippen molar-refractivity contribution in [3.8, 4) is 0 Å². The number of aliphatic hydroxyl groups is 1. The van der Waals surface area contributed by atoms with Gasteiger partial charge in [-0.1, -0.05) is 51.4 Å². The van der Waals surface area contributed by atoms with Gasteiger partial charge in [-0.2, -0.15) is 0 Å². The first-order chi connectivity index (χ1) is 8.50. The highest BCUT2D eigenvalue weighted by Gasteiger charge is 2.25. The van der Waals surface area contributed by atoms with Crippen LogP contribution in [0.1, 0.15) is 78.1 Å². The zero-order valence-corrected chi connectivity index (χ0v) is 12.1. The van der Waals surface area contributed by atoms with E-state index in [1.165, 1.54) is 32.1 Å². The Balaban J connectivity index is 3.24. The molecule has 0 aliphatic carbocycles. The van der Waals surface area contributed by atoms with Gasteiger partial charge in [0.05, 0.1) is 5.41 Å². The van der Waals surface area contributed by atoms with E-state index in [1.807, 2.05) is 0 Å². The molecule has 3 heteroatoms. The van der Waals surface area contributed by atoms with E-state index in [1.54, 1.807) is 13.8 Å². The molecule has 0 saturated carbocycles. The molecule has 0 aliphatic rings. The Morgan fingerprint density at radius 3 is 1.61 bits per heavy atom. The topological polar surface area (TPSA) is 57.5 Å². The normalized spacial score (nSPS) is 11.7. The number of aliphatic hydroxyl groups excluding tert-OH is 1. The van der Waals surface area contributed by atoms with Crippen LogP contribution in [-0.2, 0) is 4.79 Å². The lowest BCUT2D eigenvalue weighted by Crippen LogP contribution is -2.23. The van der Waals surface area contributed by atoms with Gasteiger partial charge in [-0.3, -0.25) is 4.79 Å². The zero-order chi connectivity index (χ0) is 13.9. The van der Waals surface area contributed by atoms with Gasteiger partial charge in [-0.15, -0.1) is 0 Å². The van der Waals surface area contributed by atoms with Crippen molar-refractivity contribution in [2.45, 2.75) is 78.1 Å². The zero-order valence-electron chi connectivity index (χ0n) is 12.1. The van der Waals surface area contributed by atoms with Gasteiger partial charge in [0.1, 0.15) is 0 Å². The molecule has 0 radical (unpaired) electrons. The van der Waals surface area contributed by atoms with Crippen LogP contribution in [0.15, 0.2) is 0 Å². The van der Waals surface area contributed by atoms with E-state index >= 15 is 0 Å². The number of unbranched alkanes of at least 4 members (excludes halogenated alkanes) is 8. The summed E-state index contributed by atoms with van der Waals surface area (Å²) in [6.45, 7) is 3.92. The maximum absolute atomic E-state index is 10.9. The lowest BCUT2D eigenvalue weighted by atomic mass is 9.87. The summed E-state index contributed by atoms with van der Waals surface area (Å²) in [6, 6.07) is 0. The Hall–Kier alpha value is -0.570. The lowest BCUT2D eigenvalue weighted by Gasteiger charge is -2.18. The summed E-state index contributed by atoms with van der Waals surface area (Å²) in [5.41, 5.74) is -0.565. The number of hydrogen-bond acceptors (Lipinski definition) is 2. The number of carboxylic acids is 1. The van der Waals surface area contributed by atoms with Gasteiger partial charge < -0.3 is 10.2 Å². The Kier molecular flexibility index (Phi) is 10.0. The predicted octanol–water partition coefficient (Wildman–Crippen LogP) is 3.99. The summed E-state index contributed by atoms with van der Waals surface area (Å²) in [5.74, 6) is -0.689. The maximum atomic E-state index is 10.9. The van der Waals surface area contributed by atoms with Crippen LogP contribution in [-0.4, -0.2) is 22.8 Å². The summed E-state index contributed by atoms with van der Waals surface area (Å²) in [6.07, 6.45) is 11.3. The van der Waals surface area contributed by atoms with Gasteiger partial charge in [0.2, 0.25) is 0 Å². The highest BCUT2D eigenvalue weighted by atomic mass is 16.4. The van der Waals surface area contributed by atoms with Crippen LogP contribution in [0.4, 0.5) is 0 Å². The second-order valence-corrected chi connectivity index (χ2v) is 5.84. The molecule has 0 amide bonds. The second kappa shape index (κ2) is 10.4. The predicted molar refractivity (Wildman–Crippen MR) is 74.7 cm³/mol. The molecule has 0 aromatic carbocycles. The summed E-state index contributed by atoms with van der Waals surface area (Å²) in [7, 11) is 0. The minimum Gasteiger partial charge on any atom is -0.481 e. The van der Waals surface area contributed by atoms with E-state index in [2.05, 4.69) is 0 Å². The average Bonchev–Trinajstić information content (AvgIpc) is 2.31. The molecular formula is C15H30O3. The number of aliphatic carboxylic acids is 1. The van der Waals surface area contributed by atoms with E-state index in [-0.39, 0.29) is 0 Å². The van der Waals surface area contributed by atoms with E-state index in [4.69, 9.17) is 10.2 Å². The van der Waals surface area contributed by atoms with E-state index in [9.17, 15) is 4.79 Å². The lowest BCUT2D eigenvalue weighted by molar-refractivity contribution is -0.147. The molecule has 0 fully saturated rings. The minimum atomic E-state index is -0.689. The molecule has 0 bridgehead atoms. The summed E-state index contributed by atoms with van der Waals surface area (Å²) < 4.78 is 0. The third-order valence-electron chi connectivity index (χ3n) is 3.54. The fraction of sp³-hybridized carbons (Fsp3) is 0.933. The molecule has 2 N–H and O–H groups in total. The van der Waals surface area contributed by atoms with Gasteiger partial charge >= 0.3 is 5.97 Å². The van der Waals surface area contributed by atoms with Crippen LogP contribution in [0.2, 0.25) is 0 Å². The van der Waals surface area contributed by atoms with Crippen molar-refractivity contribution in [3.63, 3.8) is 0 Å². The highest BCUT2D eigenvalue weighted by Crippen LogP contribution is 2.24. The Morgan fingerprint density at radius 2 is 1.22 bits per heavy atom. The smallest absolute Gasteiger partial charge is 0.309 e. The Labute approximate surface area is 112 Å². The number of carbonyl (C=O) groups is 1. The standard InChI is InChI=1S/C15H30O3/c1-15(2,14(17)18)12-10-8-6-4-3-5-7-9-11-13-16/h16H,3-13H2,1-2H3,(H,17,18). The molecule has 0 aromatic rings. The SMILES string of the molecule is CC(C)(CCCCCCCCCCCO)C(=O)O. The highest BCUT2D eigenvalue weighted by molar-refractivity contribution is 5.73. The van der Waals surface area contributed by atoms with Gasteiger partial charge in [0.25, 0.3) is 0 Å². The molecule has 108 valence electrons. The van der Waals surface area contributed by atoms with Crippen molar-refractivity contribution in [2.24, 2.45) is 5.41 Å². The van der Waals surface area contributed by atoms with Gasteiger partial charge in [0.15, 0.2) is 0 Å². The maximum Gasteiger partial charge on any atom is 0.309 e. The second-order valence-electron chi connectivity index (χ2n) is 5.84. The first-order valence-electron chi connectivity index (χ1n) is 7.35. The number of rotatable bonds is 12. The van der Waals surface area contributed by atoms with Gasteiger partial charge in [-0.05, 0) is 26.7 Å². The molecule has 0 atom stereocenters. The fourth-order valence-corrected chi connectivity index (χ4v) is 2.02. The Bertz CT molecular complexity index is 212. The monoisotopic (exact) mass is 258 g/mol. The summed E-state index contributed by atoms with van der Waals surface area (Å²) in [4.78, 5) is 10.9. The van der Waals surface area contributed by atoms with Crippen molar-refractivity contribution in [2.75, 3.05) is 6.61 Å². The van der Waals surface area contributed by atoms with Crippen molar-refractivity contribution in [1.29, 1.82) is 0 Å². The van der Waals surface area contributed by atoms with Gasteiger partial charge in [-0.25, -0.2) is 0 Å². The van der Waals surface area contributed by atoms with E-state index in [0.717, 1.165) is 32.1 Å². The van der Waals surface area contributed by atoms with Crippen molar-refractivity contribution >= 4 is 5.97 Å². The first kappa shape index (κ1) is 17.4. The van der Waals surface area contributed by atoms with Crippen molar-refractivity contribution in [1.82, 2.24) is 0 Å². The molecule has 0 heterocycles. The van der Waals surface area contributed by atoms with E-state index < -0.39 is 11.4 Å². The van der Waals surface area contributed by atoms with Crippen LogP contribution < -0.4 is 0 Å². The molecule has 0 aliphatic heterocycles. The molecule has 0 aromatic heterocycles. The third kappa shape index (κ3) is 9.46. The summed E-state index contributed by atoms with van der Waals surface area (Å²) >= 11 is 0. The number of carboxylic acid groups (broad SMARTS) is 1. The molecule has 0 spiro atoms. The van der Waals surface area contributed by atoms with Crippen molar-refractivity contribution in [3.05, 3.63) is 0 Å². The first-order valence-corrected chi connectivity index (χ1v) is 7.35. The summed E-state index contributed by atoms with van der Waals surface area (Å²) in [5, 5.41) is 17.6. The third-order valence-corrected chi connectivity index (χ3v) is 3.54. The fourth-order valence-electron chi connectivity index (χ4n) is 2.02. The molecule has 3 nitrogen and oxygen atoms in total. The molecule has 0 saturated heterocycles. The minimum absolute atomic E-state index is 0.319. The van der Waals surface area contributed by atoms with Crippen LogP contribution >= 0.6 is 0 Å². The van der Waals surface area contributed by atoms with Crippen LogP contribution in [0.25, 0.3) is 0 Å².